The zero-order valence-corrected chi connectivity index (χ0v) is 11.1. The Morgan fingerprint density at radius 1 is 1.33 bits per heavy atom. The molecule has 1 heterocycles. The first-order chi connectivity index (χ1) is 8.47. The Hall–Kier alpha value is -1.92. The van der Waals surface area contributed by atoms with Gasteiger partial charge in [-0.1, -0.05) is 13.8 Å². The van der Waals surface area contributed by atoms with Crippen LogP contribution >= 0.6 is 0 Å². The summed E-state index contributed by atoms with van der Waals surface area (Å²) in [6.07, 6.45) is 3.01. The topological polar surface area (TPSA) is 93.0 Å². The first-order valence-electron chi connectivity index (χ1n) is 5.92. The molecule has 0 bridgehead atoms. The molecule has 7 heteroatoms. The number of nitrogens with zero attached hydrogens (tertiary/aromatic N) is 3. The van der Waals surface area contributed by atoms with Gasteiger partial charge in [-0.25, -0.2) is 9.97 Å². The number of aromatic nitrogens is 2. The van der Waals surface area contributed by atoms with Gasteiger partial charge in [-0.05, 0) is 19.8 Å². The minimum absolute atomic E-state index is 0.117. The van der Waals surface area contributed by atoms with E-state index in [1.165, 1.54) is 6.33 Å². The first-order valence-corrected chi connectivity index (χ1v) is 5.92. The summed E-state index contributed by atoms with van der Waals surface area (Å²) in [5.41, 5.74) is -0.336. The zero-order chi connectivity index (χ0) is 13.8. The summed E-state index contributed by atoms with van der Waals surface area (Å²) in [5.74, 6) is 0.470. The van der Waals surface area contributed by atoms with Crippen LogP contribution in [0.25, 0.3) is 0 Å². The van der Waals surface area contributed by atoms with E-state index in [-0.39, 0.29) is 22.9 Å². The normalized spacial score (nSPS) is 11.1. The lowest BCUT2D eigenvalue weighted by Crippen LogP contribution is -2.33. The van der Waals surface area contributed by atoms with Crippen LogP contribution in [0.15, 0.2) is 6.33 Å². The fraction of sp³-hybridized carbons (Fsp3) is 0.636. The Morgan fingerprint density at radius 2 is 1.89 bits per heavy atom. The molecule has 0 fully saturated rings. The van der Waals surface area contributed by atoms with E-state index in [1.54, 1.807) is 7.05 Å². The highest BCUT2D eigenvalue weighted by Crippen LogP contribution is 2.31. The van der Waals surface area contributed by atoms with Gasteiger partial charge in [0.25, 0.3) is 0 Å². The molecule has 100 valence electrons. The highest BCUT2D eigenvalue weighted by atomic mass is 16.6. The van der Waals surface area contributed by atoms with Crippen LogP contribution in [0, 0.1) is 10.1 Å². The van der Waals surface area contributed by atoms with Crippen molar-refractivity contribution < 1.29 is 4.92 Å². The van der Waals surface area contributed by atoms with Gasteiger partial charge >= 0.3 is 5.69 Å². The molecule has 1 aromatic rings. The van der Waals surface area contributed by atoms with E-state index in [9.17, 15) is 10.1 Å². The molecule has 0 unspecified atom stereocenters. The van der Waals surface area contributed by atoms with Gasteiger partial charge in [-0.2, -0.15) is 0 Å². The van der Waals surface area contributed by atoms with Crippen molar-refractivity contribution in [2.24, 2.45) is 0 Å². The van der Waals surface area contributed by atoms with Crippen LogP contribution in [0.5, 0.6) is 0 Å². The van der Waals surface area contributed by atoms with Crippen LogP contribution in [0.1, 0.15) is 33.6 Å². The summed E-state index contributed by atoms with van der Waals surface area (Å²) in [7, 11) is 1.60. The molecule has 0 saturated carbocycles. The summed E-state index contributed by atoms with van der Waals surface area (Å²) in [5, 5.41) is 17.0. The molecule has 0 aliphatic rings. The van der Waals surface area contributed by atoms with Crippen molar-refractivity contribution in [2.75, 3.05) is 17.7 Å². The number of nitro groups is 1. The van der Waals surface area contributed by atoms with Gasteiger partial charge in [0.2, 0.25) is 11.6 Å². The molecule has 0 amide bonds. The van der Waals surface area contributed by atoms with E-state index in [0.29, 0.717) is 0 Å². The van der Waals surface area contributed by atoms with E-state index in [0.717, 1.165) is 12.8 Å². The van der Waals surface area contributed by atoms with E-state index < -0.39 is 4.92 Å². The number of nitrogens with one attached hydrogen (secondary N) is 2. The molecule has 0 aliphatic carbocycles. The predicted octanol–water partition coefficient (Wildman–Crippen LogP) is 2.42. The number of hydrogen-bond acceptors (Lipinski definition) is 6. The van der Waals surface area contributed by atoms with Gasteiger partial charge in [0.1, 0.15) is 6.33 Å². The Labute approximate surface area is 106 Å². The molecular formula is C11H19N5O2. The van der Waals surface area contributed by atoms with E-state index in [1.807, 2.05) is 20.8 Å². The lowest BCUT2D eigenvalue weighted by molar-refractivity contribution is -0.383. The first kappa shape index (κ1) is 14.1. The average molecular weight is 253 g/mol. The number of anilines is 2. The third kappa shape index (κ3) is 2.85. The maximum Gasteiger partial charge on any atom is 0.353 e. The van der Waals surface area contributed by atoms with Gasteiger partial charge in [0.05, 0.1) is 4.92 Å². The standard InChI is InChI=1S/C11H19N5O2/c1-5-11(3,6-2)15-10-8(16(17)18)9(12-4)13-7-14-10/h7H,5-6H2,1-4H3,(H2,12,13,14,15). The van der Waals surface area contributed by atoms with Crippen LogP contribution in [-0.2, 0) is 0 Å². The number of hydrogen-bond donors (Lipinski definition) is 2. The maximum absolute atomic E-state index is 11.1. The molecule has 0 radical (unpaired) electrons. The summed E-state index contributed by atoms with van der Waals surface area (Å²) < 4.78 is 0. The van der Waals surface area contributed by atoms with E-state index >= 15 is 0 Å². The van der Waals surface area contributed by atoms with Gasteiger partial charge in [-0.15, -0.1) is 0 Å². The smallest absolute Gasteiger partial charge is 0.353 e. The fourth-order valence-electron chi connectivity index (χ4n) is 1.54. The molecule has 2 N–H and O–H groups in total. The zero-order valence-electron chi connectivity index (χ0n) is 11.1. The van der Waals surface area contributed by atoms with E-state index in [4.69, 9.17) is 0 Å². The fourth-order valence-corrected chi connectivity index (χ4v) is 1.54. The van der Waals surface area contributed by atoms with Crippen molar-refractivity contribution in [3.8, 4) is 0 Å². The van der Waals surface area contributed by atoms with Crippen molar-refractivity contribution in [1.29, 1.82) is 0 Å². The molecule has 0 aromatic carbocycles. The Kier molecular flexibility index (Phi) is 4.41. The number of rotatable bonds is 6. The molecule has 1 rings (SSSR count). The Morgan fingerprint density at radius 3 is 2.33 bits per heavy atom. The van der Waals surface area contributed by atoms with Crippen LogP contribution in [0.3, 0.4) is 0 Å². The molecule has 7 nitrogen and oxygen atoms in total. The molecule has 18 heavy (non-hydrogen) atoms. The molecule has 1 aromatic heterocycles. The van der Waals surface area contributed by atoms with Gasteiger partial charge in [0.15, 0.2) is 0 Å². The lowest BCUT2D eigenvalue weighted by atomic mass is 9.95. The van der Waals surface area contributed by atoms with Gasteiger partial charge in [-0.3, -0.25) is 10.1 Å². The Balaban J connectivity index is 3.20. The molecular weight excluding hydrogens is 234 g/mol. The summed E-state index contributed by atoms with van der Waals surface area (Å²) in [4.78, 5) is 18.5. The van der Waals surface area contributed by atoms with Crippen LogP contribution in [0.4, 0.5) is 17.3 Å². The summed E-state index contributed by atoms with van der Waals surface area (Å²) >= 11 is 0. The van der Waals surface area contributed by atoms with Crippen molar-refractivity contribution in [3.05, 3.63) is 16.4 Å². The monoisotopic (exact) mass is 253 g/mol. The highest BCUT2D eigenvalue weighted by molar-refractivity contribution is 5.69. The second-order valence-electron chi connectivity index (χ2n) is 4.32. The molecule has 0 atom stereocenters. The lowest BCUT2D eigenvalue weighted by Gasteiger charge is -2.28. The van der Waals surface area contributed by atoms with Crippen molar-refractivity contribution in [2.45, 2.75) is 39.2 Å². The largest absolute Gasteiger partial charge is 0.367 e. The third-order valence-corrected chi connectivity index (χ3v) is 3.22. The summed E-state index contributed by atoms with van der Waals surface area (Å²) in [6.45, 7) is 6.07. The minimum atomic E-state index is -0.472. The minimum Gasteiger partial charge on any atom is -0.367 e. The molecule has 0 spiro atoms. The second-order valence-corrected chi connectivity index (χ2v) is 4.32. The second kappa shape index (κ2) is 5.61. The van der Waals surface area contributed by atoms with Crippen molar-refractivity contribution in [1.82, 2.24) is 9.97 Å². The molecule has 0 aliphatic heterocycles. The summed E-state index contributed by atoms with van der Waals surface area (Å²) in [6, 6.07) is 0. The Bertz CT molecular complexity index is 431. The SMILES string of the molecule is CCC(C)(CC)Nc1ncnc(NC)c1[N+](=O)[O-]. The van der Waals surface area contributed by atoms with Crippen LogP contribution < -0.4 is 10.6 Å². The third-order valence-electron chi connectivity index (χ3n) is 3.22. The molecule has 0 saturated heterocycles. The van der Waals surface area contributed by atoms with Crippen molar-refractivity contribution in [3.63, 3.8) is 0 Å². The average Bonchev–Trinajstić information content (AvgIpc) is 2.37. The van der Waals surface area contributed by atoms with Crippen LogP contribution in [0.2, 0.25) is 0 Å². The van der Waals surface area contributed by atoms with Crippen molar-refractivity contribution >= 4 is 17.3 Å². The highest BCUT2D eigenvalue weighted by Gasteiger charge is 2.27. The van der Waals surface area contributed by atoms with Crippen LogP contribution in [-0.4, -0.2) is 27.5 Å². The quantitative estimate of drug-likeness (QED) is 0.597. The van der Waals surface area contributed by atoms with E-state index in [2.05, 4.69) is 20.6 Å². The van der Waals surface area contributed by atoms with Gasteiger partial charge in [0, 0.05) is 12.6 Å². The maximum atomic E-state index is 11.1. The van der Waals surface area contributed by atoms with Gasteiger partial charge < -0.3 is 10.6 Å². The predicted molar refractivity (Wildman–Crippen MR) is 70.8 cm³/mol.